The second-order valence-electron chi connectivity index (χ2n) is 5.79. The molecule has 0 aromatic carbocycles. The lowest BCUT2D eigenvalue weighted by Crippen LogP contribution is -2.36. The lowest BCUT2D eigenvalue weighted by Gasteiger charge is -2.24. The molecule has 2 heterocycles. The number of carbonyl (C=O) groups excluding carboxylic acids is 1. The summed E-state index contributed by atoms with van der Waals surface area (Å²) in [5.41, 5.74) is -0.468. The van der Waals surface area contributed by atoms with Gasteiger partial charge in [0.25, 0.3) is 0 Å². The molecule has 1 aliphatic heterocycles. The highest BCUT2D eigenvalue weighted by molar-refractivity contribution is 9.10. The summed E-state index contributed by atoms with van der Waals surface area (Å²) in [5.74, 6) is 0.704. The maximum atomic E-state index is 11.9. The molecule has 1 aromatic heterocycles. The van der Waals surface area contributed by atoms with Crippen molar-refractivity contribution in [2.45, 2.75) is 38.9 Å². The Morgan fingerprint density at radius 2 is 2.20 bits per heavy atom. The standard InChI is InChI=1S/C14H19BrN2O3/c1-14(2,3)20-13(18)17-5-4-11(9-17)19-12-6-10(15)7-16-8-12/h6-8,11H,4-5,9H2,1-3H3/t11-/m1/s1. The van der Waals surface area contributed by atoms with Gasteiger partial charge >= 0.3 is 6.09 Å². The lowest BCUT2D eigenvalue weighted by atomic mass is 10.2. The molecular weight excluding hydrogens is 324 g/mol. The minimum absolute atomic E-state index is 0.0152. The van der Waals surface area contributed by atoms with Crippen molar-refractivity contribution in [3.8, 4) is 5.75 Å². The zero-order valence-electron chi connectivity index (χ0n) is 11.9. The van der Waals surface area contributed by atoms with Gasteiger partial charge in [0.1, 0.15) is 17.5 Å². The van der Waals surface area contributed by atoms with Gasteiger partial charge in [-0.1, -0.05) is 0 Å². The van der Waals surface area contributed by atoms with Gasteiger partial charge in [-0.05, 0) is 42.8 Å². The first kappa shape index (κ1) is 15.1. The summed E-state index contributed by atoms with van der Waals surface area (Å²) in [6.07, 6.45) is 3.87. The SMILES string of the molecule is CC(C)(C)OC(=O)N1CC[C@@H](Oc2cncc(Br)c2)C1. The molecule has 1 fully saturated rings. The molecule has 0 aliphatic carbocycles. The molecule has 0 spiro atoms. The van der Waals surface area contributed by atoms with Crippen molar-refractivity contribution >= 4 is 22.0 Å². The van der Waals surface area contributed by atoms with E-state index in [1.165, 1.54) is 0 Å². The first-order valence-electron chi connectivity index (χ1n) is 6.58. The second-order valence-corrected chi connectivity index (χ2v) is 6.71. The van der Waals surface area contributed by atoms with Crippen LogP contribution in [0.1, 0.15) is 27.2 Å². The molecule has 0 N–H and O–H groups in total. The average Bonchev–Trinajstić information content (AvgIpc) is 2.75. The molecular formula is C14H19BrN2O3. The van der Waals surface area contributed by atoms with Crippen LogP contribution in [0.5, 0.6) is 5.75 Å². The Kier molecular flexibility index (Phi) is 4.52. The van der Waals surface area contributed by atoms with Gasteiger partial charge in [0, 0.05) is 23.6 Å². The lowest BCUT2D eigenvalue weighted by molar-refractivity contribution is 0.0275. The Bertz CT molecular complexity index is 488. The predicted molar refractivity (Wildman–Crippen MR) is 78.8 cm³/mol. The number of amides is 1. The number of carbonyl (C=O) groups is 1. The van der Waals surface area contributed by atoms with Crippen LogP contribution in [0.15, 0.2) is 22.9 Å². The second kappa shape index (κ2) is 5.99. The van der Waals surface area contributed by atoms with Gasteiger partial charge in [-0.2, -0.15) is 0 Å². The third-order valence-electron chi connectivity index (χ3n) is 2.78. The number of rotatable bonds is 2. The molecule has 0 bridgehead atoms. The van der Waals surface area contributed by atoms with E-state index in [1.807, 2.05) is 26.8 Å². The van der Waals surface area contributed by atoms with E-state index in [-0.39, 0.29) is 12.2 Å². The summed E-state index contributed by atoms with van der Waals surface area (Å²) in [6.45, 7) is 6.79. The quantitative estimate of drug-likeness (QED) is 0.827. The summed E-state index contributed by atoms with van der Waals surface area (Å²) < 4.78 is 12.0. The minimum atomic E-state index is -0.468. The van der Waals surface area contributed by atoms with Crippen LogP contribution in [-0.2, 0) is 4.74 Å². The normalized spacial score (nSPS) is 19.0. The molecule has 0 radical (unpaired) electrons. The van der Waals surface area contributed by atoms with Crippen molar-refractivity contribution < 1.29 is 14.3 Å². The smallest absolute Gasteiger partial charge is 0.410 e. The molecule has 110 valence electrons. The number of ether oxygens (including phenoxy) is 2. The van der Waals surface area contributed by atoms with E-state index >= 15 is 0 Å². The van der Waals surface area contributed by atoms with E-state index in [4.69, 9.17) is 9.47 Å². The molecule has 1 aliphatic rings. The van der Waals surface area contributed by atoms with Crippen LogP contribution >= 0.6 is 15.9 Å². The highest BCUT2D eigenvalue weighted by atomic mass is 79.9. The Morgan fingerprint density at radius 3 is 2.85 bits per heavy atom. The highest BCUT2D eigenvalue weighted by Gasteiger charge is 2.30. The van der Waals surface area contributed by atoms with E-state index < -0.39 is 5.60 Å². The molecule has 2 rings (SSSR count). The molecule has 20 heavy (non-hydrogen) atoms. The van der Waals surface area contributed by atoms with E-state index in [1.54, 1.807) is 17.3 Å². The van der Waals surface area contributed by atoms with E-state index in [0.717, 1.165) is 10.9 Å². The van der Waals surface area contributed by atoms with Crippen molar-refractivity contribution in [2.24, 2.45) is 0 Å². The molecule has 6 heteroatoms. The summed E-state index contributed by atoms with van der Waals surface area (Å²) in [6, 6.07) is 1.86. The van der Waals surface area contributed by atoms with Crippen LogP contribution in [-0.4, -0.2) is 40.8 Å². The monoisotopic (exact) mass is 342 g/mol. The number of aromatic nitrogens is 1. The number of hydrogen-bond donors (Lipinski definition) is 0. The van der Waals surface area contributed by atoms with Crippen molar-refractivity contribution in [3.63, 3.8) is 0 Å². The van der Waals surface area contributed by atoms with Crippen LogP contribution in [0.25, 0.3) is 0 Å². The van der Waals surface area contributed by atoms with Crippen molar-refractivity contribution in [2.75, 3.05) is 13.1 Å². The van der Waals surface area contributed by atoms with E-state index in [0.29, 0.717) is 18.8 Å². The van der Waals surface area contributed by atoms with Crippen LogP contribution in [0.3, 0.4) is 0 Å². The van der Waals surface area contributed by atoms with Gasteiger partial charge in [-0.25, -0.2) is 4.79 Å². The Balaban J connectivity index is 1.88. The Hall–Kier alpha value is -1.30. The summed E-state index contributed by atoms with van der Waals surface area (Å²) in [7, 11) is 0. The average molecular weight is 343 g/mol. The van der Waals surface area contributed by atoms with Crippen molar-refractivity contribution in [3.05, 3.63) is 22.9 Å². The van der Waals surface area contributed by atoms with Crippen LogP contribution in [0.2, 0.25) is 0 Å². The third-order valence-corrected chi connectivity index (χ3v) is 3.21. The molecule has 1 amide bonds. The number of nitrogens with zero attached hydrogens (tertiary/aromatic N) is 2. The van der Waals surface area contributed by atoms with Crippen molar-refractivity contribution in [1.29, 1.82) is 0 Å². The number of pyridine rings is 1. The van der Waals surface area contributed by atoms with Crippen LogP contribution < -0.4 is 4.74 Å². The predicted octanol–water partition coefficient (Wildman–Crippen LogP) is 3.23. The molecule has 1 atom stereocenters. The molecule has 1 saturated heterocycles. The number of halogens is 1. The minimum Gasteiger partial charge on any atom is -0.487 e. The van der Waals surface area contributed by atoms with E-state index in [9.17, 15) is 4.79 Å². The summed E-state index contributed by atoms with van der Waals surface area (Å²) >= 11 is 3.35. The first-order valence-corrected chi connectivity index (χ1v) is 7.38. The van der Waals surface area contributed by atoms with Crippen molar-refractivity contribution in [1.82, 2.24) is 9.88 Å². The van der Waals surface area contributed by atoms with Gasteiger partial charge in [0.05, 0.1) is 12.7 Å². The van der Waals surface area contributed by atoms with Crippen LogP contribution in [0.4, 0.5) is 4.79 Å². The zero-order valence-corrected chi connectivity index (χ0v) is 13.5. The fraction of sp³-hybridized carbons (Fsp3) is 0.571. The first-order chi connectivity index (χ1) is 9.33. The molecule has 0 unspecified atom stereocenters. The molecule has 5 nitrogen and oxygen atoms in total. The largest absolute Gasteiger partial charge is 0.487 e. The van der Waals surface area contributed by atoms with Gasteiger partial charge in [0.2, 0.25) is 0 Å². The number of likely N-dealkylation sites (tertiary alicyclic amines) is 1. The molecule has 1 aromatic rings. The summed E-state index contributed by atoms with van der Waals surface area (Å²) in [5, 5.41) is 0. The highest BCUT2D eigenvalue weighted by Crippen LogP contribution is 2.22. The fourth-order valence-corrected chi connectivity index (χ4v) is 2.31. The fourth-order valence-electron chi connectivity index (χ4n) is 1.97. The Morgan fingerprint density at radius 1 is 1.45 bits per heavy atom. The zero-order chi connectivity index (χ0) is 14.8. The van der Waals surface area contributed by atoms with Gasteiger partial charge in [-0.15, -0.1) is 0 Å². The van der Waals surface area contributed by atoms with Gasteiger partial charge in [0.15, 0.2) is 0 Å². The maximum absolute atomic E-state index is 11.9. The third kappa shape index (κ3) is 4.37. The maximum Gasteiger partial charge on any atom is 0.410 e. The Labute approximate surface area is 127 Å². The van der Waals surface area contributed by atoms with Crippen LogP contribution in [0, 0.1) is 0 Å². The summed E-state index contributed by atoms with van der Waals surface area (Å²) in [4.78, 5) is 17.7. The van der Waals surface area contributed by atoms with Gasteiger partial charge in [-0.3, -0.25) is 4.98 Å². The topological polar surface area (TPSA) is 51.7 Å². The molecule has 0 saturated carbocycles. The number of hydrogen-bond acceptors (Lipinski definition) is 4. The van der Waals surface area contributed by atoms with E-state index in [2.05, 4.69) is 20.9 Å². The van der Waals surface area contributed by atoms with Gasteiger partial charge < -0.3 is 14.4 Å².